The van der Waals surface area contributed by atoms with Gasteiger partial charge in [-0.25, -0.2) is 4.79 Å². The molecule has 3 amide bonds. The fourth-order valence-corrected chi connectivity index (χ4v) is 1.88. The number of carbonyl (C=O) groups is 3. The van der Waals surface area contributed by atoms with Crippen LogP contribution in [0.25, 0.3) is 0 Å². The summed E-state index contributed by atoms with van der Waals surface area (Å²) in [6, 6.07) is 5.37. The highest BCUT2D eigenvalue weighted by atomic mass is 35.5. The molecular formula is C12H14ClN3O4. The van der Waals surface area contributed by atoms with Crippen molar-refractivity contribution in [3.63, 3.8) is 0 Å². The van der Waals surface area contributed by atoms with E-state index in [2.05, 4.69) is 5.32 Å². The van der Waals surface area contributed by atoms with Crippen LogP contribution in [0.3, 0.4) is 0 Å². The van der Waals surface area contributed by atoms with Crippen LogP contribution in [0.1, 0.15) is 17.2 Å². The number of carboxylic acid groups (broad SMARTS) is 1. The van der Waals surface area contributed by atoms with Crippen molar-refractivity contribution in [2.24, 2.45) is 5.73 Å². The van der Waals surface area contributed by atoms with Crippen LogP contribution in [0.5, 0.6) is 0 Å². The number of halogens is 1. The molecule has 1 saturated heterocycles. The van der Waals surface area contributed by atoms with Gasteiger partial charge in [0.2, 0.25) is 0 Å². The molecule has 1 aliphatic rings. The Labute approximate surface area is 121 Å². The maximum Gasteiger partial charge on any atom is 0.325 e. The second-order valence-corrected chi connectivity index (χ2v) is 4.15. The number of hydrogen-bond donors (Lipinski definition) is 3. The molecule has 4 N–H and O–H groups in total. The Morgan fingerprint density at radius 2 is 1.90 bits per heavy atom. The zero-order valence-corrected chi connectivity index (χ0v) is 11.2. The lowest BCUT2D eigenvalue weighted by molar-refractivity contribution is -0.141. The first-order chi connectivity index (χ1) is 9.02. The third-order valence-electron chi connectivity index (χ3n) is 2.87. The van der Waals surface area contributed by atoms with Crippen LogP contribution in [0.2, 0.25) is 0 Å². The molecule has 0 radical (unpaired) electrons. The van der Waals surface area contributed by atoms with Crippen molar-refractivity contribution in [1.82, 2.24) is 10.2 Å². The smallest absolute Gasteiger partial charge is 0.325 e. The molecule has 0 bridgehead atoms. The van der Waals surface area contributed by atoms with Gasteiger partial charge in [0.1, 0.15) is 12.6 Å². The Bertz CT molecular complexity index is 532. The van der Waals surface area contributed by atoms with Crippen LogP contribution in [0, 0.1) is 0 Å². The number of urea groups is 1. The molecule has 1 aromatic rings. The van der Waals surface area contributed by atoms with Gasteiger partial charge in [-0.1, -0.05) is 24.3 Å². The lowest BCUT2D eigenvalue weighted by atomic mass is 10.0. The van der Waals surface area contributed by atoms with Crippen molar-refractivity contribution in [3.05, 3.63) is 35.4 Å². The van der Waals surface area contributed by atoms with Gasteiger partial charge in [0.05, 0.1) is 0 Å². The van der Waals surface area contributed by atoms with Crippen molar-refractivity contribution in [2.75, 3.05) is 6.54 Å². The molecule has 108 valence electrons. The summed E-state index contributed by atoms with van der Waals surface area (Å²) in [5.41, 5.74) is 6.98. The normalized spacial score (nSPS) is 17.6. The first-order valence-electron chi connectivity index (χ1n) is 5.65. The number of nitrogens with zero attached hydrogens (tertiary/aromatic N) is 1. The van der Waals surface area contributed by atoms with Crippen LogP contribution in [0.4, 0.5) is 4.79 Å². The molecule has 20 heavy (non-hydrogen) atoms. The van der Waals surface area contributed by atoms with Crippen LogP contribution >= 0.6 is 12.4 Å². The number of imide groups is 1. The number of nitrogens with two attached hydrogens (primary N) is 1. The highest BCUT2D eigenvalue weighted by Gasteiger charge is 2.39. The molecule has 1 heterocycles. The maximum absolute atomic E-state index is 12.0. The molecular weight excluding hydrogens is 286 g/mol. The third kappa shape index (κ3) is 3.06. The largest absolute Gasteiger partial charge is 0.480 e. The van der Waals surface area contributed by atoms with Gasteiger partial charge in [-0.05, 0) is 11.1 Å². The number of benzene rings is 1. The summed E-state index contributed by atoms with van der Waals surface area (Å²) in [7, 11) is 0. The quantitative estimate of drug-likeness (QED) is 0.690. The molecule has 8 heteroatoms. The molecule has 1 aromatic carbocycles. The predicted octanol–water partition coefficient (Wildman–Crippen LogP) is 0.245. The van der Waals surface area contributed by atoms with Crippen molar-refractivity contribution in [1.29, 1.82) is 0 Å². The van der Waals surface area contributed by atoms with E-state index in [0.29, 0.717) is 17.0 Å². The number of carbonyl (C=O) groups excluding carboxylic acids is 2. The van der Waals surface area contributed by atoms with Crippen LogP contribution < -0.4 is 11.1 Å². The van der Waals surface area contributed by atoms with Crippen LogP contribution in [-0.4, -0.2) is 34.5 Å². The molecule has 1 aliphatic heterocycles. The Kier molecular flexibility index (Phi) is 5.06. The van der Waals surface area contributed by atoms with Crippen molar-refractivity contribution in [2.45, 2.75) is 12.6 Å². The van der Waals surface area contributed by atoms with Gasteiger partial charge in [-0.15, -0.1) is 12.4 Å². The number of amides is 3. The first kappa shape index (κ1) is 15.9. The highest BCUT2D eigenvalue weighted by molar-refractivity contribution is 6.06. The summed E-state index contributed by atoms with van der Waals surface area (Å²) < 4.78 is 0. The first-order valence-corrected chi connectivity index (χ1v) is 5.65. The molecule has 1 fully saturated rings. The number of hydrogen-bond acceptors (Lipinski definition) is 4. The minimum Gasteiger partial charge on any atom is -0.480 e. The summed E-state index contributed by atoms with van der Waals surface area (Å²) >= 11 is 0. The topological polar surface area (TPSA) is 113 Å². The second kappa shape index (κ2) is 6.36. The number of rotatable bonds is 4. The highest BCUT2D eigenvalue weighted by Crippen LogP contribution is 2.22. The summed E-state index contributed by atoms with van der Waals surface area (Å²) in [6.45, 7) is -0.252. The minimum absolute atomic E-state index is 0. The molecule has 7 nitrogen and oxygen atoms in total. The lowest BCUT2D eigenvalue weighted by Crippen LogP contribution is -2.35. The van der Waals surface area contributed by atoms with Gasteiger partial charge in [-0.3, -0.25) is 14.5 Å². The van der Waals surface area contributed by atoms with Gasteiger partial charge in [0.25, 0.3) is 5.91 Å². The van der Waals surface area contributed by atoms with E-state index in [1.54, 1.807) is 24.3 Å². The Hall–Kier alpha value is -2.12. The Morgan fingerprint density at radius 1 is 1.30 bits per heavy atom. The lowest BCUT2D eigenvalue weighted by Gasteiger charge is -2.10. The molecule has 0 saturated carbocycles. The minimum atomic E-state index is -1.23. The van der Waals surface area contributed by atoms with Crippen molar-refractivity contribution < 1.29 is 19.5 Å². The molecule has 0 aliphatic carbocycles. The Morgan fingerprint density at radius 3 is 2.40 bits per heavy atom. The van der Waals surface area contributed by atoms with Crippen molar-refractivity contribution >= 4 is 30.3 Å². The van der Waals surface area contributed by atoms with Crippen LogP contribution in [0.15, 0.2) is 24.3 Å². The summed E-state index contributed by atoms with van der Waals surface area (Å²) in [4.78, 5) is 34.8. The van der Waals surface area contributed by atoms with E-state index in [9.17, 15) is 14.4 Å². The number of nitrogens with one attached hydrogen (secondary N) is 1. The van der Waals surface area contributed by atoms with E-state index >= 15 is 0 Å². The molecule has 0 unspecified atom stereocenters. The maximum atomic E-state index is 12.0. The van der Waals surface area contributed by atoms with Gasteiger partial charge in [0.15, 0.2) is 0 Å². The SMILES string of the molecule is Cl.NCc1ccc([C@H]2NC(=O)N(CC(=O)O)C2=O)cc1. The third-order valence-corrected chi connectivity index (χ3v) is 2.87. The standard InChI is InChI=1S/C12H13N3O4.ClH/c13-5-7-1-3-8(4-2-7)10-11(18)15(6-9(16)17)12(19)14-10;/h1-4,10H,5-6,13H2,(H,14,19)(H,16,17);1H/t10-;/m1./s1. The average Bonchev–Trinajstić information content (AvgIpc) is 2.66. The number of aliphatic carboxylic acids is 1. The van der Waals surface area contributed by atoms with Crippen LogP contribution in [-0.2, 0) is 16.1 Å². The second-order valence-electron chi connectivity index (χ2n) is 4.15. The van der Waals surface area contributed by atoms with E-state index in [-0.39, 0.29) is 12.4 Å². The fourth-order valence-electron chi connectivity index (χ4n) is 1.88. The zero-order chi connectivity index (χ0) is 14.0. The van der Waals surface area contributed by atoms with E-state index in [0.717, 1.165) is 5.56 Å². The van der Waals surface area contributed by atoms with Gasteiger partial charge in [-0.2, -0.15) is 0 Å². The Balaban J connectivity index is 0.00000200. The fraction of sp³-hybridized carbons (Fsp3) is 0.250. The predicted molar refractivity (Wildman–Crippen MR) is 72.2 cm³/mol. The van der Waals surface area contributed by atoms with Crippen molar-refractivity contribution in [3.8, 4) is 0 Å². The van der Waals surface area contributed by atoms with E-state index in [1.165, 1.54) is 0 Å². The van der Waals surface area contributed by atoms with Gasteiger partial charge < -0.3 is 16.2 Å². The van der Waals surface area contributed by atoms with Gasteiger partial charge >= 0.3 is 12.0 Å². The van der Waals surface area contributed by atoms with Gasteiger partial charge in [0, 0.05) is 6.54 Å². The van der Waals surface area contributed by atoms with E-state index < -0.39 is 30.5 Å². The summed E-state index contributed by atoms with van der Waals surface area (Å²) in [6.07, 6.45) is 0. The molecule has 1 atom stereocenters. The summed E-state index contributed by atoms with van der Waals surface area (Å²) in [5, 5.41) is 11.1. The summed E-state index contributed by atoms with van der Waals surface area (Å²) in [5.74, 6) is -1.80. The molecule has 2 rings (SSSR count). The van der Waals surface area contributed by atoms with E-state index in [1.807, 2.05) is 0 Å². The average molecular weight is 300 g/mol. The monoisotopic (exact) mass is 299 g/mol. The zero-order valence-electron chi connectivity index (χ0n) is 10.4. The molecule has 0 spiro atoms. The molecule has 0 aromatic heterocycles. The van der Waals surface area contributed by atoms with E-state index in [4.69, 9.17) is 10.8 Å². The number of carboxylic acids is 1.